The van der Waals surface area contributed by atoms with Gasteiger partial charge in [0.15, 0.2) is 0 Å². The van der Waals surface area contributed by atoms with Gasteiger partial charge in [-0.15, -0.1) is 0 Å². The van der Waals surface area contributed by atoms with Gasteiger partial charge in [0.25, 0.3) is 0 Å². The van der Waals surface area contributed by atoms with Crippen molar-refractivity contribution >= 4 is 174 Å². The van der Waals surface area contributed by atoms with Gasteiger partial charge in [-0.25, -0.2) is 41.1 Å². The molecule has 0 heterocycles. The molecule has 40 heteroatoms. The molecule has 0 spiro atoms. The van der Waals surface area contributed by atoms with Crippen molar-refractivity contribution in [2.24, 2.45) is 0 Å². The standard InChI is InChI=1S/4Al.12HO2P/c;;;;12*1-3-2/h;;;;12*(H,1,2)/q4*+3;;;;;;;;;;;;/p-3. The molecule has 0 saturated carbocycles. The second-order valence-electron chi connectivity index (χ2n) is 0.958. The molecule has 0 radical (unpaired) electrons. The van der Waals surface area contributed by atoms with Gasteiger partial charge in [-0.05, 0) is 0 Å². The van der Waals surface area contributed by atoms with Crippen molar-refractivity contribution in [3.05, 3.63) is 0 Å². The summed E-state index contributed by atoms with van der Waals surface area (Å²) in [6, 6.07) is 0. The van der Waals surface area contributed by atoms with E-state index in [-0.39, 0.29) is 69.4 Å². The molecule has 0 aliphatic rings. The van der Waals surface area contributed by atoms with Gasteiger partial charge < -0.3 is 58.7 Å². The molecule has 0 bridgehead atoms. The summed E-state index contributed by atoms with van der Waals surface area (Å²) in [6.45, 7) is 0. The van der Waals surface area contributed by atoms with Crippen molar-refractivity contribution in [3.8, 4) is 0 Å². The number of hydrogen-bond donors (Lipinski definition) is 9. The fourth-order valence-electron chi connectivity index (χ4n) is 0. The summed E-state index contributed by atoms with van der Waals surface area (Å²) < 4.78 is 101. The van der Waals surface area contributed by atoms with Gasteiger partial charge in [0.1, 0.15) is 0 Å². The third kappa shape index (κ3) is 7990. The van der Waals surface area contributed by atoms with Crippen molar-refractivity contribution < 1.29 is 114 Å². The Hall–Kier alpha value is 2.85. The van der Waals surface area contributed by atoms with Crippen molar-refractivity contribution in [1.29, 1.82) is 0 Å². The van der Waals surface area contributed by atoms with E-state index in [2.05, 4.69) is 0 Å². The fraction of sp³-hybridized carbons (Fsp3) is 0. The summed E-state index contributed by atoms with van der Waals surface area (Å²) in [4.78, 5) is 87.9. The van der Waals surface area contributed by atoms with Crippen LogP contribution in [-0.2, 0) is 54.8 Å². The van der Waals surface area contributed by atoms with E-state index < -0.39 is 104 Å². The molecule has 0 saturated heterocycles. The largest absolute Gasteiger partial charge is 3.00 e. The Morgan fingerprint density at radius 3 is 0.250 bits per heavy atom. The van der Waals surface area contributed by atoms with E-state index in [4.69, 9.17) is 114 Å². The Morgan fingerprint density at radius 1 is 0.250 bits per heavy atom. The summed E-state index contributed by atoms with van der Waals surface area (Å²) in [5.41, 5.74) is 0. The first kappa shape index (κ1) is 104. The minimum atomic E-state index is -1.08. The topological polar surface area (TPSA) is 456 Å². The minimum Gasteiger partial charge on any atom is -0.772 e. The van der Waals surface area contributed by atoms with Crippen molar-refractivity contribution in [1.82, 2.24) is 0 Å². The predicted octanol–water partition coefficient (Wildman–Crippen LogP) is -1.19. The van der Waals surface area contributed by atoms with Crippen LogP contribution in [-0.4, -0.2) is 113 Å². The second kappa shape index (κ2) is 317. The van der Waals surface area contributed by atoms with Crippen LogP contribution in [0, 0.1) is 0 Å². The summed E-state index contributed by atoms with van der Waals surface area (Å²) in [5.74, 6) is 0. The SMILES string of the molecule is O=PO.O=PO.O=PO.O=PO.O=PO.O=PO.O=PO.O=PO.O=PO.O=P[O-].O=P[O-].O=P[O-].[Al+3].[Al+3].[Al+3].[Al+3]. The van der Waals surface area contributed by atoms with Crippen molar-refractivity contribution in [2.45, 2.75) is 0 Å². The Kier molecular flexibility index (Phi) is 824. The molecular formula is H9Al4O24P12+9. The van der Waals surface area contributed by atoms with Crippen molar-refractivity contribution in [3.63, 3.8) is 0 Å². The zero-order valence-corrected chi connectivity index (χ0v) is 33.2. The van der Waals surface area contributed by atoms with Gasteiger partial charge in [0.05, 0.1) is 26.1 Å². The Morgan fingerprint density at radius 2 is 0.250 bits per heavy atom. The summed E-state index contributed by atoms with van der Waals surface area (Å²) >= 11 is 0. The molecule has 0 aromatic carbocycles. The molecule has 24 nitrogen and oxygen atoms in total. The van der Waals surface area contributed by atoms with Crippen LogP contribution in [0.25, 0.3) is 0 Å². The second-order valence-corrected chi connectivity index (χ2v) is 2.88. The van der Waals surface area contributed by atoms with Crippen LogP contribution in [0.1, 0.15) is 0 Å². The molecule has 40 heavy (non-hydrogen) atoms. The van der Waals surface area contributed by atoms with Gasteiger partial charge >= 0.3 is 148 Å². The van der Waals surface area contributed by atoms with Crippen LogP contribution in [0.3, 0.4) is 0 Å². The van der Waals surface area contributed by atoms with Crippen LogP contribution >= 0.6 is 104 Å². The predicted molar refractivity (Wildman–Crippen MR) is 134 cm³/mol. The molecule has 0 atom stereocenters. The number of rotatable bonds is 0. The van der Waals surface area contributed by atoms with E-state index in [0.717, 1.165) is 0 Å². The fourth-order valence-corrected chi connectivity index (χ4v) is 0. The molecule has 9 N–H and O–H groups in total. The zero-order chi connectivity index (χ0) is 32.5. The average Bonchev–Trinajstić information content (AvgIpc) is 2.75. The molecule has 0 aliphatic heterocycles. The molecule has 0 fully saturated rings. The van der Waals surface area contributed by atoms with Gasteiger partial charge in [0, 0.05) is 0 Å². The molecule has 0 aromatic rings. The Labute approximate surface area is 285 Å². The third-order valence-electron chi connectivity index (χ3n) is 0. The monoisotopic (exact) mass is 873 g/mol. The smallest absolute Gasteiger partial charge is 0.772 e. The average molecular weight is 873 g/mol. The van der Waals surface area contributed by atoms with E-state index in [0.29, 0.717) is 0 Å². The third-order valence-corrected chi connectivity index (χ3v) is 0. The van der Waals surface area contributed by atoms with E-state index in [9.17, 15) is 0 Å². The first-order valence-electron chi connectivity index (χ1n) is 4.54. The van der Waals surface area contributed by atoms with Crippen LogP contribution in [0.4, 0.5) is 0 Å². The van der Waals surface area contributed by atoms with Gasteiger partial charge in [0.2, 0.25) is 0 Å². The summed E-state index contributed by atoms with van der Waals surface area (Å²) in [6.07, 6.45) is 0. The Balaban J connectivity index is -0.0000000111. The van der Waals surface area contributed by atoms with E-state index >= 15 is 0 Å². The molecule has 0 aliphatic carbocycles. The van der Waals surface area contributed by atoms with Crippen LogP contribution in [0.15, 0.2) is 0 Å². The minimum absolute atomic E-state index is 0. The van der Waals surface area contributed by atoms with Crippen molar-refractivity contribution in [2.75, 3.05) is 0 Å². The van der Waals surface area contributed by atoms with Gasteiger partial charge in [-0.2, -0.15) is 0 Å². The molecule has 0 amide bonds. The Bertz CT molecular complexity index is 271. The molecule has 0 rings (SSSR count). The molecule has 216 valence electrons. The van der Waals surface area contributed by atoms with Gasteiger partial charge in [-0.3, -0.25) is 13.7 Å². The van der Waals surface area contributed by atoms with E-state index in [1.165, 1.54) is 0 Å². The molecular weight excluding hydrogens is 864 g/mol. The van der Waals surface area contributed by atoms with Crippen LogP contribution in [0.2, 0.25) is 0 Å². The van der Waals surface area contributed by atoms with Crippen LogP contribution in [0.5, 0.6) is 0 Å². The first-order chi connectivity index (χ1) is 17.0. The first-order valence-corrected chi connectivity index (χ1v) is 13.6. The summed E-state index contributed by atoms with van der Waals surface area (Å²) in [5, 5.41) is 0. The quantitative estimate of drug-likeness (QED) is 0.102. The normalized spacial score (nSPS) is 6.30. The maximum atomic E-state index is 8.46. The van der Waals surface area contributed by atoms with E-state index in [1.54, 1.807) is 0 Å². The number of hydrogen-bond acceptors (Lipinski definition) is 15. The zero-order valence-electron chi connectivity index (χ0n) is 17.8. The maximum Gasteiger partial charge on any atom is 3.00 e. The maximum absolute atomic E-state index is 8.46. The van der Waals surface area contributed by atoms with Gasteiger partial charge in [-0.1, -0.05) is 0 Å². The van der Waals surface area contributed by atoms with Crippen LogP contribution < -0.4 is 14.7 Å². The van der Waals surface area contributed by atoms with E-state index in [1.807, 2.05) is 0 Å². The molecule has 0 aromatic heterocycles. The summed E-state index contributed by atoms with van der Waals surface area (Å²) in [7, 11) is -10.8. The molecule has 0 unspecified atom stereocenters.